The molecule has 2 aliphatic rings. The normalized spacial score (nSPS) is 32.0. The Kier molecular flexibility index (Phi) is 1.89. The molecule has 2 aliphatic heterocycles. The molecule has 0 aromatic rings. The third-order valence-corrected chi connectivity index (χ3v) is 3.28. The zero-order valence-corrected chi connectivity index (χ0v) is 6.91. The van der Waals surface area contributed by atoms with E-state index < -0.39 is 0 Å². The first-order valence-corrected chi connectivity index (χ1v) is 5.14. The van der Waals surface area contributed by atoms with E-state index in [1.54, 1.807) is 0 Å². The van der Waals surface area contributed by atoms with E-state index in [0.717, 1.165) is 5.92 Å². The smallest absolute Gasteiger partial charge is 0.0144 e. The summed E-state index contributed by atoms with van der Waals surface area (Å²) in [6.45, 7) is 1.20. The van der Waals surface area contributed by atoms with Crippen molar-refractivity contribution in [2.75, 3.05) is 18.1 Å². The van der Waals surface area contributed by atoms with Gasteiger partial charge in [0.1, 0.15) is 0 Å². The second-order valence-corrected chi connectivity index (χ2v) is 4.04. The second kappa shape index (κ2) is 2.87. The van der Waals surface area contributed by atoms with Crippen LogP contribution in [0.4, 0.5) is 0 Å². The summed E-state index contributed by atoms with van der Waals surface area (Å²) in [4.78, 5) is 0. The van der Waals surface area contributed by atoms with Crippen LogP contribution in [-0.4, -0.2) is 18.1 Å². The van der Waals surface area contributed by atoms with Gasteiger partial charge in [-0.3, -0.25) is 0 Å². The SMILES string of the molecule is C1=C2NCCCC2CSC1. The minimum Gasteiger partial charge on any atom is -0.388 e. The lowest BCUT2D eigenvalue weighted by atomic mass is 9.97. The monoisotopic (exact) mass is 155 g/mol. The highest BCUT2D eigenvalue weighted by Gasteiger charge is 2.20. The Balaban J connectivity index is 2.08. The lowest BCUT2D eigenvalue weighted by Crippen LogP contribution is -2.30. The van der Waals surface area contributed by atoms with Gasteiger partial charge in [0.15, 0.2) is 0 Å². The fraction of sp³-hybridized carbons (Fsp3) is 0.750. The van der Waals surface area contributed by atoms with E-state index in [1.807, 2.05) is 0 Å². The molecule has 1 atom stereocenters. The molecule has 0 aromatic heterocycles. The highest BCUT2D eigenvalue weighted by atomic mass is 32.2. The van der Waals surface area contributed by atoms with E-state index >= 15 is 0 Å². The summed E-state index contributed by atoms with van der Waals surface area (Å²) < 4.78 is 0. The van der Waals surface area contributed by atoms with Crippen molar-refractivity contribution >= 4 is 11.8 Å². The molecule has 0 aromatic carbocycles. The minimum atomic E-state index is 0.868. The number of piperidine rings is 1. The molecule has 1 unspecified atom stereocenters. The van der Waals surface area contributed by atoms with Gasteiger partial charge in [-0.05, 0) is 12.8 Å². The molecule has 1 saturated heterocycles. The molecule has 2 heteroatoms. The fourth-order valence-corrected chi connectivity index (χ4v) is 2.72. The topological polar surface area (TPSA) is 12.0 Å². The van der Waals surface area contributed by atoms with Gasteiger partial charge in [0, 0.05) is 29.7 Å². The molecular weight excluding hydrogens is 142 g/mol. The van der Waals surface area contributed by atoms with Gasteiger partial charge in [-0.1, -0.05) is 6.08 Å². The first-order valence-electron chi connectivity index (χ1n) is 3.98. The second-order valence-electron chi connectivity index (χ2n) is 2.96. The number of thioether (sulfide) groups is 1. The third-order valence-electron chi connectivity index (χ3n) is 2.24. The minimum absolute atomic E-state index is 0.868. The number of hydrogen-bond donors (Lipinski definition) is 1. The molecule has 0 saturated carbocycles. The lowest BCUT2D eigenvalue weighted by molar-refractivity contribution is 0.476. The summed E-state index contributed by atoms with van der Waals surface area (Å²) in [6, 6.07) is 0. The summed E-state index contributed by atoms with van der Waals surface area (Å²) >= 11 is 2.06. The number of allylic oxidation sites excluding steroid dienone is 1. The van der Waals surface area contributed by atoms with Crippen molar-refractivity contribution < 1.29 is 0 Å². The lowest BCUT2D eigenvalue weighted by Gasteiger charge is -2.29. The van der Waals surface area contributed by atoms with Crippen molar-refractivity contribution in [2.45, 2.75) is 12.8 Å². The largest absolute Gasteiger partial charge is 0.388 e. The van der Waals surface area contributed by atoms with E-state index in [0.29, 0.717) is 0 Å². The van der Waals surface area contributed by atoms with E-state index in [9.17, 15) is 0 Å². The summed E-state index contributed by atoms with van der Waals surface area (Å²) in [5.74, 6) is 3.44. The molecule has 2 rings (SSSR count). The molecule has 1 fully saturated rings. The maximum Gasteiger partial charge on any atom is 0.0144 e. The quantitative estimate of drug-likeness (QED) is 0.570. The van der Waals surface area contributed by atoms with E-state index in [4.69, 9.17) is 0 Å². The molecule has 0 bridgehead atoms. The predicted octanol–water partition coefficient (Wildman–Crippen LogP) is 1.62. The summed E-state index contributed by atoms with van der Waals surface area (Å²) in [7, 11) is 0. The highest BCUT2D eigenvalue weighted by molar-refractivity contribution is 7.99. The van der Waals surface area contributed by atoms with Crippen LogP contribution < -0.4 is 5.32 Å². The van der Waals surface area contributed by atoms with Crippen molar-refractivity contribution in [2.24, 2.45) is 5.92 Å². The molecule has 0 aliphatic carbocycles. The van der Waals surface area contributed by atoms with Gasteiger partial charge in [-0.2, -0.15) is 11.8 Å². The number of hydrogen-bond acceptors (Lipinski definition) is 2. The van der Waals surface area contributed by atoms with Crippen LogP contribution in [0.5, 0.6) is 0 Å². The predicted molar refractivity (Wildman–Crippen MR) is 46.1 cm³/mol. The maximum atomic E-state index is 3.47. The molecular formula is C8H13NS. The van der Waals surface area contributed by atoms with Crippen molar-refractivity contribution in [3.63, 3.8) is 0 Å². The van der Waals surface area contributed by atoms with Crippen LogP contribution in [0.15, 0.2) is 11.8 Å². The number of rotatable bonds is 0. The Bertz CT molecular complexity index is 153. The molecule has 2 heterocycles. The Morgan fingerprint density at radius 1 is 1.60 bits per heavy atom. The average molecular weight is 155 g/mol. The first kappa shape index (κ1) is 6.59. The van der Waals surface area contributed by atoms with E-state index in [1.165, 1.54) is 36.6 Å². The third kappa shape index (κ3) is 1.17. The zero-order chi connectivity index (χ0) is 6.81. The average Bonchev–Trinajstić information content (AvgIpc) is 2.05. The van der Waals surface area contributed by atoms with Crippen molar-refractivity contribution in [3.05, 3.63) is 11.8 Å². The van der Waals surface area contributed by atoms with Crippen molar-refractivity contribution in [1.82, 2.24) is 5.32 Å². The first-order chi connectivity index (χ1) is 4.97. The van der Waals surface area contributed by atoms with E-state index in [2.05, 4.69) is 23.2 Å². The summed E-state index contributed by atoms with van der Waals surface area (Å²) in [6.07, 6.45) is 5.13. The number of fused-ring (bicyclic) bond motifs is 1. The van der Waals surface area contributed by atoms with Crippen LogP contribution in [0.1, 0.15) is 12.8 Å². The molecule has 1 nitrogen and oxygen atoms in total. The highest BCUT2D eigenvalue weighted by Crippen LogP contribution is 2.27. The summed E-state index contributed by atoms with van der Waals surface area (Å²) in [5, 5.41) is 3.47. The van der Waals surface area contributed by atoms with Crippen LogP contribution in [-0.2, 0) is 0 Å². The standard InChI is InChI=1S/C8H13NS/c1-2-7-6-10-5-3-8(7)9-4-1/h3,7,9H,1-2,4-6H2. The molecule has 10 heavy (non-hydrogen) atoms. The molecule has 56 valence electrons. The maximum absolute atomic E-state index is 3.47. The number of nitrogens with one attached hydrogen (secondary N) is 1. The van der Waals surface area contributed by atoms with Gasteiger partial charge in [-0.25, -0.2) is 0 Å². The van der Waals surface area contributed by atoms with Crippen LogP contribution in [0.3, 0.4) is 0 Å². The molecule has 0 spiro atoms. The van der Waals surface area contributed by atoms with Crippen LogP contribution in [0.2, 0.25) is 0 Å². The molecule has 1 N–H and O–H groups in total. The van der Waals surface area contributed by atoms with Crippen LogP contribution >= 0.6 is 11.8 Å². The van der Waals surface area contributed by atoms with Gasteiger partial charge in [-0.15, -0.1) is 0 Å². The molecule has 0 amide bonds. The van der Waals surface area contributed by atoms with Crippen molar-refractivity contribution in [1.29, 1.82) is 0 Å². The Labute approximate surface area is 66.3 Å². The fourth-order valence-electron chi connectivity index (χ4n) is 1.65. The van der Waals surface area contributed by atoms with Gasteiger partial charge in [0.25, 0.3) is 0 Å². The van der Waals surface area contributed by atoms with Gasteiger partial charge in [0.2, 0.25) is 0 Å². The summed E-state index contributed by atoms with van der Waals surface area (Å²) in [5.41, 5.74) is 1.53. The Morgan fingerprint density at radius 3 is 3.50 bits per heavy atom. The van der Waals surface area contributed by atoms with Gasteiger partial charge < -0.3 is 5.32 Å². The Hall–Kier alpha value is -0.110. The van der Waals surface area contributed by atoms with Gasteiger partial charge >= 0.3 is 0 Å². The van der Waals surface area contributed by atoms with Gasteiger partial charge in [0.05, 0.1) is 0 Å². The van der Waals surface area contributed by atoms with Crippen LogP contribution in [0.25, 0.3) is 0 Å². The van der Waals surface area contributed by atoms with Crippen molar-refractivity contribution in [3.8, 4) is 0 Å². The molecule has 0 radical (unpaired) electrons. The zero-order valence-electron chi connectivity index (χ0n) is 6.10. The van der Waals surface area contributed by atoms with Crippen LogP contribution in [0, 0.1) is 5.92 Å². The van der Waals surface area contributed by atoms with E-state index in [-0.39, 0.29) is 0 Å². The Morgan fingerprint density at radius 2 is 2.60 bits per heavy atom.